The van der Waals surface area contributed by atoms with E-state index in [-0.39, 0.29) is 18.0 Å². The minimum atomic E-state index is -0.480. The predicted molar refractivity (Wildman–Crippen MR) is 57.2 cm³/mol. The van der Waals surface area contributed by atoms with E-state index in [1.165, 1.54) is 32.5 Å². The Labute approximate surface area is 92.6 Å². The Hall–Kier alpha value is -1.66. The molecule has 0 saturated carbocycles. The normalized spacial score (nSPS) is 10.4. The summed E-state index contributed by atoms with van der Waals surface area (Å²) < 4.78 is 9.82. The molecule has 6 heteroatoms. The van der Waals surface area contributed by atoms with Crippen LogP contribution in [-0.2, 0) is 9.47 Å². The fourth-order valence-electron chi connectivity index (χ4n) is 1.09. The van der Waals surface area contributed by atoms with E-state index in [1.54, 1.807) is 0 Å². The van der Waals surface area contributed by atoms with E-state index in [4.69, 9.17) is 9.47 Å². The summed E-state index contributed by atoms with van der Waals surface area (Å²) in [7, 11) is 2.97. The second-order valence-electron chi connectivity index (χ2n) is 3.05. The quantitative estimate of drug-likeness (QED) is 0.677. The van der Waals surface area contributed by atoms with Crippen LogP contribution >= 0.6 is 0 Å². The highest BCUT2D eigenvalue weighted by molar-refractivity contribution is 5.93. The number of amides is 1. The molecule has 0 aliphatic carbocycles. The summed E-state index contributed by atoms with van der Waals surface area (Å²) in [6, 6.07) is 2.74. The third-order valence-corrected chi connectivity index (χ3v) is 2.00. The number of carbonyl (C=O) groups excluding carboxylic acids is 1. The first-order valence-corrected chi connectivity index (χ1v) is 4.70. The summed E-state index contributed by atoms with van der Waals surface area (Å²) in [6.45, 7) is 0.241. The lowest BCUT2D eigenvalue weighted by molar-refractivity contribution is -0.0974. The average molecular weight is 226 g/mol. The van der Waals surface area contributed by atoms with E-state index in [1.807, 2.05) is 0 Å². The summed E-state index contributed by atoms with van der Waals surface area (Å²) in [5, 5.41) is 2.61. The van der Waals surface area contributed by atoms with E-state index in [0.29, 0.717) is 5.56 Å². The smallest absolute Gasteiger partial charge is 0.252 e. The molecule has 1 aromatic rings. The van der Waals surface area contributed by atoms with Gasteiger partial charge in [-0.25, -0.2) is 0 Å². The number of pyridine rings is 1. The first-order chi connectivity index (χ1) is 7.67. The molecule has 0 bridgehead atoms. The molecule has 0 unspecified atom stereocenters. The van der Waals surface area contributed by atoms with E-state index in [2.05, 4.69) is 10.3 Å². The minimum absolute atomic E-state index is 0.241. The average Bonchev–Trinajstić information content (AvgIpc) is 2.31. The van der Waals surface area contributed by atoms with Crippen LogP contribution in [0.3, 0.4) is 0 Å². The van der Waals surface area contributed by atoms with Crippen LogP contribution in [0, 0.1) is 0 Å². The number of nitrogens with one attached hydrogen (secondary N) is 2. The van der Waals surface area contributed by atoms with Crippen molar-refractivity contribution < 1.29 is 14.3 Å². The highest BCUT2D eigenvalue weighted by Crippen LogP contribution is 1.94. The lowest BCUT2D eigenvalue weighted by atomic mass is 10.3. The van der Waals surface area contributed by atoms with Crippen LogP contribution in [0.15, 0.2) is 23.1 Å². The first kappa shape index (κ1) is 12.4. The van der Waals surface area contributed by atoms with E-state index in [0.717, 1.165) is 0 Å². The monoisotopic (exact) mass is 226 g/mol. The number of ether oxygens (including phenoxy) is 2. The van der Waals surface area contributed by atoms with Crippen LogP contribution in [0.1, 0.15) is 10.4 Å². The molecule has 0 aliphatic heterocycles. The van der Waals surface area contributed by atoms with Gasteiger partial charge in [0.15, 0.2) is 6.29 Å². The molecule has 1 aromatic heterocycles. The molecule has 0 aromatic carbocycles. The lowest BCUT2D eigenvalue weighted by Gasteiger charge is -2.13. The van der Waals surface area contributed by atoms with Crippen LogP contribution in [0.2, 0.25) is 0 Å². The molecule has 1 rings (SSSR count). The Morgan fingerprint density at radius 3 is 2.62 bits per heavy atom. The summed E-state index contributed by atoms with van der Waals surface area (Å²) in [4.78, 5) is 24.7. The number of rotatable bonds is 5. The number of aromatic amines is 1. The van der Waals surface area contributed by atoms with E-state index < -0.39 is 6.29 Å². The van der Waals surface area contributed by atoms with Crippen LogP contribution < -0.4 is 10.9 Å². The van der Waals surface area contributed by atoms with Crippen molar-refractivity contribution in [2.24, 2.45) is 0 Å². The third kappa shape index (κ3) is 3.48. The zero-order valence-corrected chi connectivity index (χ0v) is 9.15. The number of methoxy groups -OCH3 is 2. The van der Waals surface area contributed by atoms with Crippen LogP contribution in [0.25, 0.3) is 0 Å². The predicted octanol–water partition coefficient (Wildman–Crippen LogP) is -0.276. The topological polar surface area (TPSA) is 80.4 Å². The second-order valence-corrected chi connectivity index (χ2v) is 3.05. The van der Waals surface area contributed by atoms with Gasteiger partial charge in [0.25, 0.3) is 5.91 Å². The molecule has 0 atom stereocenters. The molecule has 0 spiro atoms. The summed E-state index contributed by atoms with van der Waals surface area (Å²) in [6.07, 6.45) is 0.874. The first-order valence-electron chi connectivity index (χ1n) is 4.70. The number of carbonyl (C=O) groups is 1. The Balaban J connectivity index is 2.52. The highest BCUT2D eigenvalue weighted by atomic mass is 16.7. The maximum Gasteiger partial charge on any atom is 0.252 e. The Kier molecular flexibility index (Phi) is 4.68. The van der Waals surface area contributed by atoms with Gasteiger partial charge in [0.05, 0.1) is 12.1 Å². The largest absolute Gasteiger partial charge is 0.354 e. The van der Waals surface area contributed by atoms with E-state index in [9.17, 15) is 9.59 Å². The molecule has 1 heterocycles. The van der Waals surface area contributed by atoms with Gasteiger partial charge in [0.1, 0.15) is 0 Å². The van der Waals surface area contributed by atoms with Gasteiger partial charge >= 0.3 is 0 Å². The second kappa shape index (κ2) is 6.04. The van der Waals surface area contributed by atoms with Crippen molar-refractivity contribution in [2.45, 2.75) is 6.29 Å². The van der Waals surface area contributed by atoms with Gasteiger partial charge in [-0.15, -0.1) is 0 Å². The summed E-state index contributed by atoms with van der Waals surface area (Å²) in [5.74, 6) is -0.296. The molecule has 0 aliphatic rings. The zero-order valence-electron chi connectivity index (χ0n) is 9.15. The number of aromatic nitrogens is 1. The minimum Gasteiger partial charge on any atom is -0.354 e. The molecular formula is C10H14N2O4. The summed E-state index contributed by atoms with van der Waals surface area (Å²) in [5.41, 5.74) is 0.133. The molecule has 0 fully saturated rings. The van der Waals surface area contributed by atoms with Gasteiger partial charge < -0.3 is 19.8 Å². The van der Waals surface area contributed by atoms with Gasteiger partial charge in [-0.1, -0.05) is 0 Å². The molecule has 88 valence electrons. The van der Waals surface area contributed by atoms with Crippen LogP contribution in [0.4, 0.5) is 0 Å². The standard InChI is InChI=1S/C10H14N2O4/c1-15-9(16-2)6-12-10(14)7-3-4-8(13)11-5-7/h3-5,9H,6H2,1-2H3,(H,11,13)(H,12,14). The fourth-order valence-corrected chi connectivity index (χ4v) is 1.09. The molecule has 6 nitrogen and oxygen atoms in total. The molecular weight excluding hydrogens is 212 g/mol. The Bertz CT molecular complexity index is 378. The highest BCUT2D eigenvalue weighted by Gasteiger charge is 2.09. The van der Waals surface area contributed by atoms with Crippen molar-refractivity contribution in [3.63, 3.8) is 0 Å². The van der Waals surface area contributed by atoms with Gasteiger partial charge in [-0.05, 0) is 6.07 Å². The fraction of sp³-hybridized carbons (Fsp3) is 0.400. The number of hydrogen-bond acceptors (Lipinski definition) is 4. The van der Waals surface area contributed by atoms with Crippen molar-refractivity contribution in [1.82, 2.24) is 10.3 Å². The lowest BCUT2D eigenvalue weighted by Crippen LogP contribution is -2.34. The van der Waals surface area contributed by atoms with Gasteiger partial charge in [-0.3, -0.25) is 9.59 Å². The van der Waals surface area contributed by atoms with Crippen molar-refractivity contribution in [3.05, 3.63) is 34.2 Å². The summed E-state index contributed by atoms with van der Waals surface area (Å²) >= 11 is 0. The number of hydrogen-bond donors (Lipinski definition) is 2. The van der Waals surface area contributed by atoms with Gasteiger partial charge in [0, 0.05) is 26.5 Å². The number of H-pyrrole nitrogens is 1. The van der Waals surface area contributed by atoms with E-state index >= 15 is 0 Å². The molecule has 0 saturated heterocycles. The van der Waals surface area contributed by atoms with Gasteiger partial charge in [0.2, 0.25) is 5.56 Å². The van der Waals surface area contributed by atoms with Crippen molar-refractivity contribution in [3.8, 4) is 0 Å². The maximum atomic E-state index is 11.5. The Morgan fingerprint density at radius 1 is 1.44 bits per heavy atom. The molecule has 1 amide bonds. The third-order valence-electron chi connectivity index (χ3n) is 2.00. The maximum absolute atomic E-state index is 11.5. The Morgan fingerprint density at radius 2 is 2.12 bits per heavy atom. The zero-order chi connectivity index (χ0) is 12.0. The van der Waals surface area contributed by atoms with Crippen molar-refractivity contribution >= 4 is 5.91 Å². The SMILES string of the molecule is COC(CNC(=O)c1ccc(=O)[nH]c1)OC. The van der Waals surface area contributed by atoms with Crippen molar-refractivity contribution in [1.29, 1.82) is 0 Å². The van der Waals surface area contributed by atoms with Gasteiger partial charge in [-0.2, -0.15) is 0 Å². The van der Waals surface area contributed by atoms with Crippen LogP contribution in [-0.4, -0.2) is 37.9 Å². The molecule has 2 N–H and O–H groups in total. The van der Waals surface area contributed by atoms with Crippen molar-refractivity contribution in [2.75, 3.05) is 20.8 Å². The van der Waals surface area contributed by atoms with Crippen LogP contribution in [0.5, 0.6) is 0 Å². The molecule has 0 radical (unpaired) electrons. The molecule has 16 heavy (non-hydrogen) atoms.